The Morgan fingerprint density at radius 2 is 2.00 bits per heavy atom. The smallest absolute Gasteiger partial charge is 0.290 e. The maximum absolute atomic E-state index is 13.4. The molecule has 0 radical (unpaired) electrons. The van der Waals surface area contributed by atoms with Crippen molar-refractivity contribution in [2.24, 2.45) is 18.4 Å². The molecule has 4 heterocycles. The van der Waals surface area contributed by atoms with Crippen LogP contribution >= 0.6 is 0 Å². The van der Waals surface area contributed by atoms with Gasteiger partial charge >= 0.3 is 0 Å². The summed E-state index contributed by atoms with van der Waals surface area (Å²) in [6.45, 7) is 4.21. The molecule has 3 fully saturated rings. The molecule has 10 heteroatoms. The van der Waals surface area contributed by atoms with E-state index in [2.05, 4.69) is 22.2 Å². The highest BCUT2D eigenvalue weighted by atomic mass is 16.5. The monoisotopic (exact) mass is 449 g/mol. The van der Waals surface area contributed by atoms with Gasteiger partial charge in [-0.1, -0.05) is 0 Å². The van der Waals surface area contributed by atoms with Gasteiger partial charge in [0.25, 0.3) is 12.4 Å². The van der Waals surface area contributed by atoms with Crippen molar-refractivity contribution < 1.29 is 24.2 Å². The van der Waals surface area contributed by atoms with Crippen molar-refractivity contribution in [3.63, 3.8) is 0 Å². The molecule has 0 saturated carbocycles. The summed E-state index contributed by atoms with van der Waals surface area (Å²) < 4.78 is 7.22. The van der Waals surface area contributed by atoms with Crippen LogP contribution in [-0.4, -0.2) is 95.2 Å². The minimum absolute atomic E-state index is 0.0409. The Morgan fingerprint density at radius 1 is 1.28 bits per heavy atom. The molecule has 10 nitrogen and oxygen atoms in total. The first-order valence-electron chi connectivity index (χ1n) is 11.3. The fraction of sp³-hybridized carbons (Fsp3) is 0.727. The Kier molecular flexibility index (Phi) is 8.25. The topological polar surface area (TPSA) is 117 Å². The zero-order valence-corrected chi connectivity index (χ0v) is 19.0. The van der Waals surface area contributed by atoms with Crippen molar-refractivity contribution in [3.8, 4) is 0 Å². The number of aryl methyl sites for hydroxylation is 1. The maximum Gasteiger partial charge on any atom is 0.290 e. The Labute approximate surface area is 188 Å². The molecule has 1 aromatic heterocycles. The second-order valence-corrected chi connectivity index (χ2v) is 9.05. The molecule has 2 N–H and O–H groups in total. The number of hydrogen-bond acceptors (Lipinski definition) is 6. The number of imidazole rings is 1. The third-order valence-corrected chi connectivity index (χ3v) is 7.08. The normalized spacial score (nSPS) is 26.4. The predicted octanol–water partition coefficient (Wildman–Crippen LogP) is 0.590. The Bertz CT molecular complexity index is 793. The van der Waals surface area contributed by atoms with E-state index >= 15 is 0 Å². The lowest BCUT2D eigenvalue weighted by Gasteiger charge is -2.53. The van der Waals surface area contributed by atoms with Crippen molar-refractivity contribution in [1.82, 2.24) is 24.7 Å². The van der Waals surface area contributed by atoms with Crippen LogP contribution in [-0.2, 0) is 21.4 Å². The van der Waals surface area contributed by atoms with Crippen LogP contribution in [0.15, 0.2) is 12.5 Å². The number of carbonyl (C=O) groups excluding carboxylic acids is 2. The number of rotatable bonds is 4. The van der Waals surface area contributed by atoms with Gasteiger partial charge in [-0.05, 0) is 51.6 Å². The van der Waals surface area contributed by atoms with Gasteiger partial charge < -0.3 is 29.5 Å². The third-order valence-electron chi connectivity index (χ3n) is 7.08. The number of likely N-dealkylation sites (tertiary alicyclic amines) is 2. The summed E-state index contributed by atoms with van der Waals surface area (Å²) in [5.41, 5.74) is 0.0708. The number of ether oxygens (including phenoxy) is 1. The quantitative estimate of drug-likeness (QED) is 0.646. The van der Waals surface area contributed by atoms with Crippen molar-refractivity contribution in [3.05, 3.63) is 18.2 Å². The van der Waals surface area contributed by atoms with E-state index in [9.17, 15) is 9.59 Å². The molecule has 3 saturated heterocycles. The highest BCUT2D eigenvalue weighted by Crippen LogP contribution is 2.42. The number of fused-ring (bicyclic) bond motifs is 1. The summed E-state index contributed by atoms with van der Waals surface area (Å²) in [7, 11) is 3.95. The van der Waals surface area contributed by atoms with Gasteiger partial charge in [0.1, 0.15) is 5.69 Å². The second kappa shape index (κ2) is 10.9. The first-order chi connectivity index (χ1) is 15.4. The zero-order valence-electron chi connectivity index (χ0n) is 19.0. The van der Waals surface area contributed by atoms with Crippen molar-refractivity contribution in [2.45, 2.75) is 38.1 Å². The molecule has 0 spiro atoms. The van der Waals surface area contributed by atoms with Crippen molar-refractivity contribution in [1.29, 1.82) is 0 Å². The van der Waals surface area contributed by atoms with Gasteiger partial charge in [0, 0.05) is 52.1 Å². The van der Waals surface area contributed by atoms with Crippen LogP contribution in [0.25, 0.3) is 0 Å². The summed E-state index contributed by atoms with van der Waals surface area (Å²) in [6.07, 6.45) is 8.07. The van der Waals surface area contributed by atoms with E-state index in [-0.39, 0.29) is 24.3 Å². The number of nitrogens with one attached hydrogen (secondary N) is 1. The van der Waals surface area contributed by atoms with Crippen LogP contribution in [0.2, 0.25) is 0 Å². The SMILES string of the molecule is CN1CCC[C@@]2(C(=O)NCC3CCOCC3)CCN(C(=O)c3cn(C)cn3)C[C@H]12.O=CO. The fourth-order valence-electron chi connectivity index (χ4n) is 5.24. The summed E-state index contributed by atoms with van der Waals surface area (Å²) in [5, 5.41) is 10.2. The van der Waals surface area contributed by atoms with Crippen LogP contribution in [0.4, 0.5) is 0 Å². The van der Waals surface area contributed by atoms with Crippen LogP contribution in [0.1, 0.15) is 42.6 Å². The van der Waals surface area contributed by atoms with Gasteiger partial charge in [-0.15, -0.1) is 0 Å². The summed E-state index contributed by atoms with van der Waals surface area (Å²) in [5.74, 6) is 0.640. The summed E-state index contributed by atoms with van der Waals surface area (Å²) in [4.78, 5) is 43.0. The lowest BCUT2D eigenvalue weighted by atomic mass is 9.67. The summed E-state index contributed by atoms with van der Waals surface area (Å²) >= 11 is 0. The van der Waals surface area contributed by atoms with E-state index < -0.39 is 5.41 Å². The molecule has 0 aromatic carbocycles. The van der Waals surface area contributed by atoms with E-state index in [1.807, 2.05) is 11.9 Å². The van der Waals surface area contributed by atoms with Crippen molar-refractivity contribution in [2.75, 3.05) is 46.4 Å². The first-order valence-corrected chi connectivity index (χ1v) is 11.3. The van der Waals surface area contributed by atoms with Gasteiger partial charge in [-0.2, -0.15) is 0 Å². The van der Waals surface area contributed by atoms with Gasteiger partial charge in [-0.25, -0.2) is 4.98 Å². The number of piperidine rings is 2. The number of hydrogen-bond donors (Lipinski definition) is 2. The lowest BCUT2D eigenvalue weighted by molar-refractivity contribution is -0.143. The molecule has 0 unspecified atom stereocenters. The highest BCUT2D eigenvalue weighted by molar-refractivity contribution is 5.92. The van der Waals surface area contributed by atoms with Gasteiger partial charge in [-0.3, -0.25) is 14.4 Å². The average molecular weight is 450 g/mol. The molecule has 0 aliphatic carbocycles. The zero-order chi connectivity index (χ0) is 23.1. The highest BCUT2D eigenvalue weighted by Gasteiger charge is 2.52. The number of nitrogens with zero attached hydrogens (tertiary/aromatic N) is 4. The van der Waals surface area contributed by atoms with Gasteiger partial charge in [0.05, 0.1) is 11.7 Å². The standard InChI is InChI=1S/C21H33N5O3.CH2O2/c1-24-13-17(23-15-24)19(27)26-9-7-21(6-3-8-25(2)18(21)14-26)20(28)22-12-16-4-10-29-11-5-16;2-1-3/h13,15-16,18H,3-12,14H2,1-2H3,(H,22,28);1H,(H,2,3)/t18-,21+;/m0./s1. The molecular weight excluding hydrogens is 414 g/mol. The van der Waals surface area contributed by atoms with E-state index in [0.29, 0.717) is 31.1 Å². The maximum atomic E-state index is 13.4. The number of carbonyl (C=O) groups is 3. The minimum Gasteiger partial charge on any atom is -0.483 e. The van der Waals surface area contributed by atoms with Gasteiger partial charge in [0.15, 0.2) is 0 Å². The Balaban J connectivity index is 0.000000913. The number of amides is 2. The van der Waals surface area contributed by atoms with E-state index in [1.54, 1.807) is 17.1 Å². The van der Waals surface area contributed by atoms with Crippen LogP contribution in [0.5, 0.6) is 0 Å². The molecule has 3 aliphatic heterocycles. The Morgan fingerprint density at radius 3 is 2.66 bits per heavy atom. The van der Waals surface area contributed by atoms with Crippen molar-refractivity contribution >= 4 is 18.3 Å². The first kappa shape index (κ1) is 24.2. The molecule has 2 atom stereocenters. The molecule has 178 valence electrons. The third kappa shape index (κ3) is 5.29. The van der Waals surface area contributed by atoms with E-state index in [0.717, 1.165) is 52.0 Å². The molecule has 1 aromatic rings. The lowest BCUT2D eigenvalue weighted by Crippen LogP contribution is -2.65. The molecule has 3 aliphatic rings. The Hall–Kier alpha value is -2.46. The van der Waals surface area contributed by atoms with E-state index in [1.165, 1.54) is 0 Å². The van der Waals surface area contributed by atoms with Gasteiger partial charge in [0.2, 0.25) is 5.91 Å². The van der Waals surface area contributed by atoms with Crippen LogP contribution in [0.3, 0.4) is 0 Å². The molecular formula is C22H35N5O5. The van der Waals surface area contributed by atoms with Crippen LogP contribution < -0.4 is 5.32 Å². The number of carboxylic acid groups (broad SMARTS) is 1. The fourth-order valence-corrected chi connectivity index (χ4v) is 5.24. The van der Waals surface area contributed by atoms with Crippen LogP contribution in [0, 0.1) is 11.3 Å². The molecule has 2 amide bonds. The number of likely N-dealkylation sites (N-methyl/N-ethyl adjacent to an activating group) is 1. The average Bonchev–Trinajstić information content (AvgIpc) is 3.24. The molecule has 32 heavy (non-hydrogen) atoms. The molecule has 4 rings (SSSR count). The largest absolute Gasteiger partial charge is 0.483 e. The predicted molar refractivity (Wildman–Crippen MR) is 117 cm³/mol. The summed E-state index contributed by atoms with van der Waals surface area (Å²) in [6, 6.07) is 0.0485. The van der Waals surface area contributed by atoms with E-state index in [4.69, 9.17) is 14.6 Å². The minimum atomic E-state index is -0.404. The second-order valence-electron chi connectivity index (χ2n) is 9.05. The number of aromatic nitrogens is 2. The molecule has 0 bridgehead atoms.